The van der Waals surface area contributed by atoms with E-state index in [-0.39, 0.29) is 17.8 Å². The Morgan fingerprint density at radius 3 is 2.52 bits per heavy atom. The molecule has 0 aliphatic carbocycles. The quantitative estimate of drug-likeness (QED) is 0.818. The molecule has 0 aromatic carbocycles. The molecule has 2 amide bonds. The van der Waals surface area contributed by atoms with Crippen LogP contribution in [0.3, 0.4) is 0 Å². The fourth-order valence-corrected chi connectivity index (χ4v) is 3.87. The maximum atomic E-state index is 12.4. The first-order valence-electron chi connectivity index (χ1n) is 7.94. The van der Waals surface area contributed by atoms with Crippen molar-refractivity contribution in [2.45, 2.75) is 65.0 Å². The standard InChI is InChI=1S/C15H30N2O3S/c1-12(2)8-9-14-7-5-6-10-17(14)15(18)16-13(3)11-21(4,19)20/h12-14H,5-11H2,1-4H3,(H,16,18)/t13-,14+/m0/s1. The molecule has 1 N–H and O–H groups in total. The fraction of sp³-hybridized carbons (Fsp3) is 0.933. The molecule has 0 spiro atoms. The van der Waals surface area contributed by atoms with Crippen LogP contribution in [0.5, 0.6) is 0 Å². The molecule has 1 saturated heterocycles. The highest BCUT2D eigenvalue weighted by Crippen LogP contribution is 2.22. The minimum Gasteiger partial charge on any atom is -0.335 e. The summed E-state index contributed by atoms with van der Waals surface area (Å²) in [6, 6.07) is -0.161. The molecule has 124 valence electrons. The molecule has 1 rings (SSSR count). The second-order valence-corrected chi connectivity index (χ2v) is 8.94. The number of amides is 2. The van der Waals surface area contributed by atoms with E-state index in [1.807, 2.05) is 4.90 Å². The minimum atomic E-state index is -3.07. The summed E-state index contributed by atoms with van der Waals surface area (Å²) in [6.07, 6.45) is 6.61. The Balaban J connectivity index is 2.56. The third kappa shape index (κ3) is 7.16. The largest absolute Gasteiger partial charge is 0.335 e. The van der Waals surface area contributed by atoms with E-state index in [0.717, 1.165) is 32.2 Å². The zero-order chi connectivity index (χ0) is 16.0. The number of carbonyl (C=O) groups excluding carboxylic acids is 1. The molecule has 21 heavy (non-hydrogen) atoms. The first kappa shape index (κ1) is 18.3. The number of rotatable bonds is 6. The van der Waals surface area contributed by atoms with Crippen LogP contribution in [0.15, 0.2) is 0 Å². The lowest BCUT2D eigenvalue weighted by Gasteiger charge is -2.36. The number of likely N-dealkylation sites (tertiary alicyclic amines) is 1. The van der Waals surface area contributed by atoms with E-state index >= 15 is 0 Å². The maximum absolute atomic E-state index is 12.4. The summed E-state index contributed by atoms with van der Waals surface area (Å²) in [5.41, 5.74) is 0. The SMILES string of the molecule is CC(C)CC[C@H]1CCCCN1C(=O)N[C@@H](C)CS(C)(=O)=O. The Morgan fingerprint density at radius 2 is 1.95 bits per heavy atom. The molecular weight excluding hydrogens is 288 g/mol. The van der Waals surface area contributed by atoms with Gasteiger partial charge in [0.25, 0.3) is 0 Å². The van der Waals surface area contributed by atoms with Gasteiger partial charge in [0, 0.05) is 24.9 Å². The summed E-state index contributed by atoms with van der Waals surface area (Å²) in [5, 5.41) is 2.83. The van der Waals surface area contributed by atoms with Gasteiger partial charge in [-0.25, -0.2) is 13.2 Å². The van der Waals surface area contributed by atoms with E-state index in [9.17, 15) is 13.2 Å². The lowest BCUT2D eigenvalue weighted by Crippen LogP contribution is -2.51. The van der Waals surface area contributed by atoms with Crippen LogP contribution in [0.1, 0.15) is 52.9 Å². The average molecular weight is 318 g/mol. The van der Waals surface area contributed by atoms with Gasteiger partial charge >= 0.3 is 6.03 Å². The van der Waals surface area contributed by atoms with Crippen molar-refractivity contribution in [2.75, 3.05) is 18.6 Å². The highest BCUT2D eigenvalue weighted by atomic mass is 32.2. The molecule has 0 aromatic heterocycles. The summed E-state index contributed by atoms with van der Waals surface area (Å²) in [6.45, 7) is 6.91. The Hall–Kier alpha value is -0.780. The lowest BCUT2D eigenvalue weighted by molar-refractivity contribution is 0.141. The van der Waals surface area contributed by atoms with Crippen molar-refractivity contribution in [2.24, 2.45) is 5.92 Å². The average Bonchev–Trinajstić information content (AvgIpc) is 2.34. The highest BCUT2D eigenvalue weighted by molar-refractivity contribution is 7.90. The van der Waals surface area contributed by atoms with Crippen LogP contribution in [0.25, 0.3) is 0 Å². The van der Waals surface area contributed by atoms with Gasteiger partial charge in [-0.05, 0) is 44.9 Å². The topological polar surface area (TPSA) is 66.5 Å². The monoisotopic (exact) mass is 318 g/mol. The van der Waals surface area contributed by atoms with Crippen molar-refractivity contribution in [1.29, 1.82) is 0 Å². The summed E-state index contributed by atoms with van der Waals surface area (Å²) in [7, 11) is -3.07. The maximum Gasteiger partial charge on any atom is 0.317 e. The molecule has 6 heteroatoms. The first-order valence-corrected chi connectivity index (χ1v) is 10.00. The number of urea groups is 1. The van der Waals surface area contributed by atoms with Gasteiger partial charge in [0.1, 0.15) is 9.84 Å². The van der Waals surface area contributed by atoms with Crippen molar-refractivity contribution < 1.29 is 13.2 Å². The van der Waals surface area contributed by atoms with Crippen LogP contribution in [-0.4, -0.2) is 50.0 Å². The Bertz CT molecular complexity index is 434. The second-order valence-electron chi connectivity index (χ2n) is 6.76. The van der Waals surface area contributed by atoms with E-state index in [1.54, 1.807) is 6.92 Å². The Morgan fingerprint density at radius 1 is 1.29 bits per heavy atom. The van der Waals surface area contributed by atoms with Gasteiger partial charge in [0.05, 0.1) is 5.75 Å². The smallest absolute Gasteiger partial charge is 0.317 e. The summed E-state index contributed by atoms with van der Waals surface area (Å²) in [4.78, 5) is 14.3. The predicted molar refractivity (Wildman–Crippen MR) is 86.1 cm³/mol. The number of hydrogen-bond acceptors (Lipinski definition) is 3. The van der Waals surface area contributed by atoms with Gasteiger partial charge < -0.3 is 10.2 Å². The number of carbonyl (C=O) groups is 1. The number of sulfone groups is 1. The van der Waals surface area contributed by atoms with E-state index in [1.165, 1.54) is 12.7 Å². The normalized spacial score (nSPS) is 21.4. The zero-order valence-electron chi connectivity index (χ0n) is 13.8. The van der Waals surface area contributed by atoms with Crippen LogP contribution in [0.2, 0.25) is 0 Å². The second kappa shape index (κ2) is 8.01. The van der Waals surface area contributed by atoms with Crippen LogP contribution < -0.4 is 5.32 Å². The van der Waals surface area contributed by atoms with Crippen LogP contribution in [0.4, 0.5) is 4.79 Å². The molecule has 0 aromatic rings. The van der Waals surface area contributed by atoms with Crippen molar-refractivity contribution >= 4 is 15.9 Å². The number of hydrogen-bond donors (Lipinski definition) is 1. The number of piperidine rings is 1. The van der Waals surface area contributed by atoms with Crippen molar-refractivity contribution in [3.8, 4) is 0 Å². The Labute approximate surface area is 129 Å². The molecule has 1 aliphatic heterocycles. The van der Waals surface area contributed by atoms with Crippen molar-refractivity contribution in [3.63, 3.8) is 0 Å². The van der Waals surface area contributed by atoms with Crippen molar-refractivity contribution in [3.05, 3.63) is 0 Å². The third-order valence-electron chi connectivity index (χ3n) is 3.89. The number of nitrogens with zero attached hydrogens (tertiary/aromatic N) is 1. The lowest BCUT2D eigenvalue weighted by atomic mass is 9.95. The van der Waals surface area contributed by atoms with Gasteiger partial charge in [-0.1, -0.05) is 13.8 Å². The van der Waals surface area contributed by atoms with E-state index < -0.39 is 9.84 Å². The van der Waals surface area contributed by atoms with Crippen molar-refractivity contribution in [1.82, 2.24) is 10.2 Å². The van der Waals surface area contributed by atoms with Gasteiger partial charge in [0.15, 0.2) is 0 Å². The fourth-order valence-electron chi connectivity index (χ4n) is 2.88. The first-order chi connectivity index (χ1) is 9.69. The molecule has 0 bridgehead atoms. The molecule has 2 atom stereocenters. The molecule has 0 unspecified atom stereocenters. The van der Waals surface area contributed by atoms with Crippen LogP contribution in [-0.2, 0) is 9.84 Å². The molecule has 1 fully saturated rings. The third-order valence-corrected chi connectivity index (χ3v) is 4.99. The van der Waals surface area contributed by atoms with Crippen LogP contribution >= 0.6 is 0 Å². The molecule has 0 radical (unpaired) electrons. The van der Waals surface area contributed by atoms with Gasteiger partial charge in [-0.15, -0.1) is 0 Å². The predicted octanol–water partition coefficient (Wildman–Crippen LogP) is 2.42. The van der Waals surface area contributed by atoms with Crippen LogP contribution in [0, 0.1) is 5.92 Å². The summed E-state index contributed by atoms with van der Waals surface area (Å²) in [5.74, 6) is 0.629. The van der Waals surface area contributed by atoms with Gasteiger partial charge in [-0.2, -0.15) is 0 Å². The molecular formula is C15H30N2O3S. The Kier molecular flexibility index (Phi) is 6.97. The molecule has 1 heterocycles. The van der Waals surface area contributed by atoms with E-state index in [4.69, 9.17) is 0 Å². The minimum absolute atomic E-state index is 0.0107. The van der Waals surface area contributed by atoms with E-state index in [0.29, 0.717) is 12.0 Å². The molecule has 5 nitrogen and oxygen atoms in total. The summed E-state index contributed by atoms with van der Waals surface area (Å²) >= 11 is 0. The zero-order valence-corrected chi connectivity index (χ0v) is 14.6. The van der Waals surface area contributed by atoms with Gasteiger partial charge in [-0.3, -0.25) is 0 Å². The van der Waals surface area contributed by atoms with E-state index in [2.05, 4.69) is 19.2 Å². The highest BCUT2D eigenvalue weighted by Gasteiger charge is 2.27. The summed E-state index contributed by atoms with van der Waals surface area (Å²) < 4.78 is 22.6. The van der Waals surface area contributed by atoms with Gasteiger partial charge in [0.2, 0.25) is 0 Å². The number of nitrogens with one attached hydrogen (secondary N) is 1. The molecule has 0 saturated carbocycles. The molecule has 1 aliphatic rings.